The lowest BCUT2D eigenvalue weighted by atomic mass is 9.90. The van der Waals surface area contributed by atoms with Gasteiger partial charge >= 0.3 is 8.56 Å². The fourth-order valence-corrected chi connectivity index (χ4v) is 3.38. The summed E-state index contributed by atoms with van der Waals surface area (Å²) in [6, 6.07) is 1.06. The van der Waals surface area contributed by atoms with Crippen LogP contribution in [0.2, 0.25) is 12.6 Å². The van der Waals surface area contributed by atoms with Gasteiger partial charge in [0.25, 0.3) is 0 Å². The van der Waals surface area contributed by atoms with Crippen LogP contribution in [0.5, 0.6) is 0 Å². The standard InChI is InChI=1S/C13H31NO2Si/c1-7-8-10-14-12-13(2,3)9-11-17(6,15-4)16-5/h14H,7-12H2,1-6H3. The molecule has 0 aromatic heterocycles. The zero-order valence-corrected chi connectivity index (χ0v) is 13.6. The topological polar surface area (TPSA) is 30.5 Å². The predicted octanol–water partition coefficient (Wildman–Crippen LogP) is 3.16. The minimum absolute atomic E-state index is 0.319. The molecule has 0 unspecified atom stereocenters. The Labute approximate surface area is 109 Å². The largest absolute Gasteiger partial charge is 0.398 e. The van der Waals surface area contributed by atoms with E-state index < -0.39 is 8.56 Å². The lowest BCUT2D eigenvalue weighted by molar-refractivity contribution is 0.235. The van der Waals surface area contributed by atoms with Gasteiger partial charge in [-0.2, -0.15) is 0 Å². The Morgan fingerprint density at radius 3 is 2.24 bits per heavy atom. The van der Waals surface area contributed by atoms with E-state index in [1.54, 1.807) is 14.2 Å². The molecule has 4 heteroatoms. The number of unbranched alkanes of at least 4 members (excludes halogenated alkanes) is 1. The average Bonchev–Trinajstić information content (AvgIpc) is 2.32. The molecule has 0 saturated heterocycles. The molecule has 3 nitrogen and oxygen atoms in total. The summed E-state index contributed by atoms with van der Waals surface area (Å²) < 4.78 is 11.0. The molecule has 0 atom stereocenters. The molecule has 0 aliphatic heterocycles. The first-order valence-corrected chi connectivity index (χ1v) is 9.22. The van der Waals surface area contributed by atoms with Crippen molar-refractivity contribution in [3.63, 3.8) is 0 Å². The van der Waals surface area contributed by atoms with E-state index in [9.17, 15) is 0 Å². The van der Waals surface area contributed by atoms with Gasteiger partial charge in [0.15, 0.2) is 0 Å². The van der Waals surface area contributed by atoms with Gasteiger partial charge in [-0.3, -0.25) is 0 Å². The quantitative estimate of drug-likeness (QED) is 0.484. The van der Waals surface area contributed by atoms with E-state index in [0.717, 1.165) is 25.6 Å². The Balaban J connectivity index is 3.91. The summed E-state index contributed by atoms with van der Waals surface area (Å²) in [6.07, 6.45) is 3.67. The van der Waals surface area contributed by atoms with Crippen LogP contribution in [0.15, 0.2) is 0 Å². The summed E-state index contributed by atoms with van der Waals surface area (Å²) in [5, 5.41) is 3.53. The van der Waals surface area contributed by atoms with Gasteiger partial charge in [0.2, 0.25) is 0 Å². The molecule has 104 valence electrons. The van der Waals surface area contributed by atoms with Crippen molar-refractivity contribution in [3.8, 4) is 0 Å². The van der Waals surface area contributed by atoms with Crippen LogP contribution in [0.3, 0.4) is 0 Å². The zero-order valence-electron chi connectivity index (χ0n) is 12.6. The van der Waals surface area contributed by atoms with Gasteiger partial charge in [0.1, 0.15) is 0 Å². The molecule has 0 aromatic rings. The zero-order chi connectivity index (χ0) is 13.4. The van der Waals surface area contributed by atoms with E-state index in [0.29, 0.717) is 5.41 Å². The van der Waals surface area contributed by atoms with Crippen LogP contribution in [0.1, 0.15) is 40.0 Å². The van der Waals surface area contributed by atoms with Crippen molar-refractivity contribution in [3.05, 3.63) is 0 Å². The molecule has 0 aliphatic carbocycles. The van der Waals surface area contributed by atoms with Crippen LogP contribution in [0.25, 0.3) is 0 Å². The minimum Gasteiger partial charge on any atom is -0.398 e. The van der Waals surface area contributed by atoms with E-state index in [2.05, 4.69) is 32.6 Å². The molecular formula is C13H31NO2Si. The van der Waals surface area contributed by atoms with Crippen LogP contribution in [0.4, 0.5) is 0 Å². The molecule has 0 saturated carbocycles. The molecular weight excluding hydrogens is 230 g/mol. The fourth-order valence-electron chi connectivity index (χ4n) is 1.67. The number of hydrogen-bond donors (Lipinski definition) is 1. The van der Waals surface area contributed by atoms with Crippen molar-refractivity contribution < 1.29 is 8.85 Å². The first-order chi connectivity index (χ1) is 7.89. The Morgan fingerprint density at radius 1 is 1.18 bits per heavy atom. The van der Waals surface area contributed by atoms with Crippen molar-refractivity contribution in [1.29, 1.82) is 0 Å². The summed E-state index contributed by atoms with van der Waals surface area (Å²) in [5.74, 6) is 0. The smallest absolute Gasteiger partial charge is 0.334 e. The second kappa shape index (κ2) is 8.24. The monoisotopic (exact) mass is 261 g/mol. The van der Waals surface area contributed by atoms with Gasteiger partial charge in [-0.05, 0) is 37.4 Å². The van der Waals surface area contributed by atoms with E-state index in [4.69, 9.17) is 8.85 Å². The molecule has 0 fully saturated rings. The normalized spacial score (nSPS) is 13.1. The summed E-state index contributed by atoms with van der Waals surface area (Å²) in [4.78, 5) is 0. The van der Waals surface area contributed by atoms with E-state index in [-0.39, 0.29) is 0 Å². The average molecular weight is 261 g/mol. The van der Waals surface area contributed by atoms with Crippen LogP contribution >= 0.6 is 0 Å². The first-order valence-electron chi connectivity index (χ1n) is 6.70. The van der Waals surface area contributed by atoms with Crippen molar-refractivity contribution in [2.75, 3.05) is 27.3 Å². The second-order valence-electron chi connectivity index (χ2n) is 5.74. The lowest BCUT2D eigenvalue weighted by Gasteiger charge is -2.30. The predicted molar refractivity (Wildman–Crippen MR) is 76.6 cm³/mol. The second-order valence-corrected chi connectivity index (χ2v) is 9.32. The Bertz CT molecular complexity index is 194. The third-order valence-corrected chi connectivity index (χ3v) is 6.32. The Morgan fingerprint density at radius 2 is 1.76 bits per heavy atom. The SMILES string of the molecule is CCCCNCC(C)(C)CC[Si](C)(OC)OC. The highest BCUT2D eigenvalue weighted by molar-refractivity contribution is 6.65. The van der Waals surface area contributed by atoms with Gasteiger partial charge in [0, 0.05) is 20.8 Å². The van der Waals surface area contributed by atoms with Crippen molar-refractivity contribution in [1.82, 2.24) is 5.32 Å². The van der Waals surface area contributed by atoms with Crippen LogP contribution < -0.4 is 5.32 Å². The third kappa shape index (κ3) is 7.92. The molecule has 0 rings (SSSR count). The van der Waals surface area contributed by atoms with Gasteiger partial charge in [-0.25, -0.2) is 0 Å². The molecule has 0 amide bonds. The van der Waals surface area contributed by atoms with Crippen molar-refractivity contribution in [2.45, 2.75) is 52.6 Å². The molecule has 0 radical (unpaired) electrons. The Kier molecular flexibility index (Phi) is 8.29. The maximum Gasteiger partial charge on any atom is 0.334 e. The first kappa shape index (κ1) is 17.1. The number of hydrogen-bond acceptors (Lipinski definition) is 3. The molecule has 0 bridgehead atoms. The molecule has 0 heterocycles. The number of nitrogens with one attached hydrogen (secondary N) is 1. The third-order valence-electron chi connectivity index (χ3n) is 3.43. The van der Waals surface area contributed by atoms with E-state index in [1.165, 1.54) is 12.8 Å². The van der Waals surface area contributed by atoms with Crippen LogP contribution in [0, 0.1) is 5.41 Å². The molecule has 0 spiro atoms. The molecule has 17 heavy (non-hydrogen) atoms. The van der Waals surface area contributed by atoms with Gasteiger partial charge < -0.3 is 14.2 Å². The maximum atomic E-state index is 5.52. The van der Waals surface area contributed by atoms with Crippen LogP contribution in [-0.4, -0.2) is 35.9 Å². The minimum atomic E-state index is -1.89. The van der Waals surface area contributed by atoms with Gasteiger partial charge in [0.05, 0.1) is 0 Å². The van der Waals surface area contributed by atoms with Gasteiger partial charge in [-0.15, -0.1) is 0 Å². The van der Waals surface area contributed by atoms with Crippen molar-refractivity contribution in [2.24, 2.45) is 5.41 Å². The fraction of sp³-hybridized carbons (Fsp3) is 1.00. The van der Waals surface area contributed by atoms with Crippen molar-refractivity contribution >= 4 is 8.56 Å². The summed E-state index contributed by atoms with van der Waals surface area (Å²) in [5.41, 5.74) is 0.319. The molecule has 1 N–H and O–H groups in total. The summed E-state index contributed by atoms with van der Waals surface area (Å²) in [6.45, 7) is 11.2. The highest BCUT2D eigenvalue weighted by Gasteiger charge is 2.31. The van der Waals surface area contributed by atoms with E-state index in [1.807, 2.05) is 0 Å². The molecule has 0 aromatic carbocycles. The lowest BCUT2D eigenvalue weighted by Crippen LogP contribution is -2.39. The maximum absolute atomic E-state index is 5.52. The summed E-state index contributed by atoms with van der Waals surface area (Å²) >= 11 is 0. The van der Waals surface area contributed by atoms with Crippen LogP contribution in [-0.2, 0) is 8.85 Å². The number of rotatable bonds is 10. The highest BCUT2D eigenvalue weighted by atomic mass is 28.4. The van der Waals surface area contributed by atoms with E-state index >= 15 is 0 Å². The molecule has 0 aliphatic rings. The van der Waals surface area contributed by atoms with Gasteiger partial charge in [-0.1, -0.05) is 27.2 Å². The summed E-state index contributed by atoms with van der Waals surface area (Å²) in [7, 11) is 1.64. The Hall–Kier alpha value is 0.0969. The highest BCUT2D eigenvalue weighted by Crippen LogP contribution is 2.26.